The summed E-state index contributed by atoms with van der Waals surface area (Å²) in [6, 6.07) is 8.71. The Bertz CT molecular complexity index is 965. The highest BCUT2D eigenvalue weighted by Crippen LogP contribution is 2.27. The van der Waals surface area contributed by atoms with Gasteiger partial charge in [0.15, 0.2) is 5.43 Å². The van der Waals surface area contributed by atoms with E-state index >= 15 is 0 Å². The molecule has 0 atom stereocenters. The first-order valence-electron chi connectivity index (χ1n) is 8.33. The number of nitrogens with zero attached hydrogens (tertiary/aromatic N) is 1. The molecule has 0 aliphatic heterocycles. The standard InChI is InChI=1S/C19H20Cl2N2O2/c1-3-23(4-2)7-8-25-13-5-6-14-16(11-13)22-17-10-12(20)9-15(21)18(17)19(14)24/h5-6,9-11H,3-4,7-8H2,1-2H3,(H,22,24). The zero-order valence-electron chi connectivity index (χ0n) is 14.2. The molecule has 0 saturated heterocycles. The van der Waals surface area contributed by atoms with Crippen LogP contribution in [0.3, 0.4) is 0 Å². The fourth-order valence-corrected chi connectivity index (χ4v) is 3.51. The highest BCUT2D eigenvalue weighted by atomic mass is 35.5. The average Bonchev–Trinajstić information content (AvgIpc) is 2.58. The number of ether oxygens (including phenoxy) is 1. The number of hydrogen-bond donors (Lipinski definition) is 1. The van der Waals surface area contributed by atoms with Crippen LogP contribution in [0.2, 0.25) is 10.0 Å². The molecule has 0 aliphatic carbocycles. The zero-order chi connectivity index (χ0) is 18.0. The van der Waals surface area contributed by atoms with Gasteiger partial charge in [-0.1, -0.05) is 37.0 Å². The van der Waals surface area contributed by atoms with E-state index in [9.17, 15) is 4.79 Å². The van der Waals surface area contributed by atoms with Gasteiger partial charge in [0.1, 0.15) is 12.4 Å². The second-order valence-electron chi connectivity index (χ2n) is 5.85. The monoisotopic (exact) mass is 378 g/mol. The molecule has 0 unspecified atom stereocenters. The summed E-state index contributed by atoms with van der Waals surface area (Å²) in [6.07, 6.45) is 0. The minimum atomic E-state index is -0.111. The molecule has 0 spiro atoms. The second-order valence-corrected chi connectivity index (χ2v) is 6.69. The molecule has 0 aliphatic rings. The van der Waals surface area contributed by atoms with Crippen LogP contribution in [0.25, 0.3) is 21.8 Å². The molecule has 0 fully saturated rings. The minimum Gasteiger partial charge on any atom is -0.492 e. The van der Waals surface area contributed by atoms with Crippen LogP contribution in [0.1, 0.15) is 13.8 Å². The van der Waals surface area contributed by atoms with Gasteiger partial charge >= 0.3 is 0 Å². The first-order chi connectivity index (χ1) is 12.0. The third kappa shape index (κ3) is 3.76. The summed E-state index contributed by atoms with van der Waals surface area (Å²) in [5.41, 5.74) is 1.21. The number of hydrogen-bond acceptors (Lipinski definition) is 3. The number of aromatic nitrogens is 1. The molecule has 0 saturated carbocycles. The molecular weight excluding hydrogens is 359 g/mol. The van der Waals surface area contributed by atoms with Crippen LogP contribution in [-0.2, 0) is 0 Å². The quantitative estimate of drug-likeness (QED) is 0.631. The Morgan fingerprint density at radius 1 is 1.08 bits per heavy atom. The summed E-state index contributed by atoms with van der Waals surface area (Å²) in [5.74, 6) is 0.725. The normalized spacial score (nSPS) is 11.6. The van der Waals surface area contributed by atoms with Gasteiger partial charge in [0.25, 0.3) is 0 Å². The maximum atomic E-state index is 12.7. The molecule has 0 bridgehead atoms. The maximum absolute atomic E-state index is 12.7. The second kappa shape index (κ2) is 7.65. The van der Waals surface area contributed by atoms with Crippen molar-refractivity contribution < 1.29 is 4.74 Å². The van der Waals surface area contributed by atoms with E-state index in [1.807, 2.05) is 12.1 Å². The molecule has 132 valence electrons. The largest absolute Gasteiger partial charge is 0.492 e. The van der Waals surface area contributed by atoms with Crippen molar-refractivity contribution in [1.29, 1.82) is 0 Å². The topological polar surface area (TPSA) is 45.3 Å². The van der Waals surface area contributed by atoms with E-state index < -0.39 is 0 Å². The van der Waals surface area contributed by atoms with Crippen molar-refractivity contribution in [3.8, 4) is 5.75 Å². The number of pyridine rings is 1. The summed E-state index contributed by atoms with van der Waals surface area (Å²) in [5, 5.41) is 1.87. The third-order valence-corrected chi connectivity index (χ3v) is 4.87. The van der Waals surface area contributed by atoms with Crippen LogP contribution in [-0.4, -0.2) is 36.1 Å². The number of rotatable bonds is 6. The minimum absolute atomic E-state index is 0.111. The van der Waals surface area contributed by atoms with Crippen molar-refractivity contribution in [3.05, 3.63) is 50.6 Å². The van der Waals surface area contributed by atoms with E-state index in [0.717, 1.165) is 25.4 Å². The number of H-pyrrole nitrogens is 1. The van der Waals surface area contributed by atoms with E-state index in [-0.39, 0.29) is 5.43 Å². The van der Waals surface area contributed by atoms with Crippen molar-refractivity contribution in [1.82, 2.24) is 9.88 Å². The summed E-state index contributed by atoms with van der Waals surface area (Å²) < 4.78 is 5.83. The molecule has 1 aromatic heterocycles. The van der Waals surface area contributed by atoms with E-state index in [0.29, 0.717) is 38.5 Å². The van der Waals surface area contributed by atoms with Crippen LogP contribution in [0.4, 0.5) is 0 Å². The van der Waals surface area contributed by atoms with Crippen LogP contribution in [0.15, 0.2) is 35.1 Å². The Labute approximate surface area is 156 Å². The molecule has 4 nitrogen and oxygen atoms in total. The van der Waals surface area contributed by atoms with Gasteiger partial charge < -0.3 is 14.6 Å². The summed E-state index contributed by atoms with van der Waals surface area (Å²) in [6.45, 7) is 7.72. The Morgan fingerprint density at radius 3 is 2.56 bits per heavy atom. The number of likely N-dealkylation sites (N-methyl/N-ethyl adjacent to an activating group) is 1. The molecule has 3 aromatic rings. The van der Waals surface area contributed by atoms with Crippen molar-refractivity contribution in [2.45, 2.75) is 13.8 Å². The molecule has 1 N–H and O–H groups in total. The van der Waals surface area contributed by atoms with Gasteiger partial charge in [0, 0.05) is 23.0 Å². The third-order valence-electron chi connectivity index (χ3n) is 4.36. The number of nitrogens with one attached hydrogen (secondary N) is 1. The van der Waals surface area contributed by atoms with Gasteiger partial charge in [-0.3, -0.25) is 4.79 Å². The molecule has 2 aromatic carbocycles. The Hall–Kier alpha value is -1.75. The van der Waals surface area contributed by atoms with E-state index in [2.05, 4.69) is 23.7 Å². The van der Waals surface area contributed by atoms with E-state index in [4.69, 9.17) is 27.9 Å². The number of aromatic amines is 1. The summed E-state index contributed by atoms with van der Waals surface area (Å²) >= 11 is 12.2. The van der Waals surface area contributed by atoms with Gasteiger partial charge in [-0.05, 0) is 37.4 Å². The van der Waals surface area contributed by atoms with Crippen LogP contribution in [0.5, 0.6) is 5.75 Å². The lowest BCUT2D eigenvalue weighted by Gasteiger charge is -2.18. The van der Waals surface area contributed by atoms with Crippen molar-refractivity contribution >= 4 is 45.0 Å². The molecule has 3 rings (SSSR count). The van der Waals surface area contributed by atoms with Crippen LogP contribution in [0, 0.1) is 0 Å². The van der Waals surface area contributed by atoms with Crippen LogP contribution >= 0.6 is 23.2 Å². The van der Waals surface area contributed by atoms with Crippen molar-refractivity contribution in [2.75, 3.05) is 26.2 Å². The van der Waals surface area contributed by atoms with Gasteiger partial charge in [0.2, 0.25) is 0 Å². The maximum Gasteiger partial charge on any atom is 0.198 e. The lowest BCUT2D eigenvalue weighted by Crippen LogP contribution is -2.27. The van der Waals surface area contributed by atoms with Gasteiger partial charge in [0.05, 0.1) is 21.4 Å². The van der Waals surface area contributed by atoms with Gasteiger partial charge in [-0.15, -0.1) is 0 Å². The Kier molecular flexibility index (Phi) is 5.52. The van der Waals surface area contributed by atoms with E-state index in [1.54, 1.807) is 18.2 Å². The van der Waals surface area contributed by atoms with Crippen LogP contribution < -0.4 is 10.2 Å². The molecule has 0 radical (unpaired) electrons. The fourth-order valence-electron chi connectivity index (χ4n) is 2.93. The number of benzene rings is 2. The number of fused-ring (bicyclic) bond motifs is 2. The fraction of sp³-hybridized carbons (Fsp3) is 0.316. The number of halogens is 2. The van der Waals surface area contributed by atoms with Gasteiger partial charge in [-0.2, -0.15) is 0 Å². The van der Waals surface area contributed by atoms with Crippen molar-refractivity contribution in [2.24, 2.45) is 0 Å². The summed E-state index contributed by atoms with van der Waals surface area (Å²) in [4.78, 5) is 18.2. The molecule has 6 heteroatoms. The van der Waals surface area contributed by atoms with E-state index in [1.165, 1.54) is 0 Å². The Balaban J connectivity index is 1.95. The summed E-state index contributed by atoms with van der Waals surface area (Å²) in [7, 11) is 0. The average molecular weight is 379 g/mol. The highest BCUT2D eigenvalue weighted by Gasteiger charge is 2.11. The zero-order valence-corrected chi connectivity index (χ0v) is 15.7. The predicted octanol–water partition coefficient (Wildman–Crippen LogP) is 4.71. The lowest BCUT2D eigenvalue weighted by molar-refractivity contribution is 0.223. The first-order valence-corrected chi connectivity index (χ1v) is 9.09. The lowest BCUT2D eigenvalue weighted by atomic mass is 10.1. The highest BCUT2D eigenvalue weighted by molar-refractivity contribution is 6.38. The molecule has 0 amide bonds. The first kappa shape index (κ1) is 18.1. The van der Waals surface area contributed by atoms with Crippen molar-refractivity contribution in [3.63, 3.8) is 0 Å². The molecular formula is C19H20Cl2N2O2. The van der Waals surface area contributed by atoms with Gasteiger partial charge in [-0.25, -0.2) is 0 Å². The smallest absolute Gasteiger partial charge is 0.198 e. The SMILES string of the molecule is CCN(CC)CCOc1ccc2c(=O)c3c(Cl)cc(Cl)cc3[nH]c2c1. The Morgan fingerprint density at radius 2 is 1.84 bits per heavy atom. The molecule has 1 heterocycles. The molecule has 25 heavy (non-hydrogen) atoms. The predicted molar refractivity (Wildman–Crippen MR) is 105 cm³/mol.